The molecule has 2 N–H and O–H groups in total. The van der Waals surface area contributed by atoms with E-state index in [4.69, 9.17) is 4.74 Å². The summed E-state index contributed by atoms with van der Waals surface area (Å²) >= 11 is 0. The summed E-state index contributed by atoms with van der Waals surface area (Å²) < 4.78 is 18.4. The van der Waals surface area contributed by atoms with Gasteiger partial charge in [-0.25, -0.2) is 14.4 Å². The van der Waals surface area contributed by atoms with Crippen LogP contribution in [0.1, 0.15) is 11.4 Å². The van der Waals surface area contributed by atoms with Gasteiger partial charge in [-0.05, 0) is 30.7 Å². The van der Waals surface area contributed by atoms with E-state index >= 15 is 0 Å². The number of methoxy groups -OCH3 is 1. The lowest BCUT2D eigenvalue weighted by molar-refractivity contribution is 0.178. The standard InChI is InChI=1S/C14H17FN4O/c1-9-4-10(15)6-11(5-9)17-13-7-12(16-2)18-14(19-13)8-20-3/h4-7H,8H2,1-3H3,(H2,16,17,18,19). The van der Waals surface area contributed by atoms with E-state index in [-0.39, 0.29) is 5.82 Å². The molecule has 0 saturated heterocycles. The summed E-state index contributed by atoms with van der Waals surface area (Å²) in [5.74, 6) is 1.52. The quantitative estimate of drug-likeness (QED) is 0.879. The number of ether oxygens (including phenoxy) is 1. The first kappa shape index (κ1) is 14.2. The van der Waals surface area contributed by atoms with Crippen molar-refractivity contribution in [1.29, 1.82) is 0 Å². The van der Waals surface area contributed by atoms with Crippen LogP contribution in [0.15, 0.2) is 24.3 Å². The van der Waals surface area contributed by atoms with Crippen molar-refractivity contribution in [1.82, 2.24) is 9.97 Å². The van der Waals surface area contributed by atoms with Gasteiger partial charge >= 0.3 is 0 Å². The van der Waals surface area contributed by atoms with Crippen LogP contribution in [0.5, 0.6) is 0 Å². The van der Waals surface area contributed by atoms with Crippen LogP contribution in [0.3, 0.4) is 0 Å². The van der Waals surface area contributed by atoms with Crippen LogP contribution in [-0.2, 0) is 11.3 Å². The predicted octanol–water partition coefficient (Wildman–Crippen LogP) is 2.86. The molecule has 1 heterocycles. The largest absolute Gasteiger partial charge is 0.377 e. The van der Waals surface area contributed by atoms with Crippen LogP contribution in [0.4, 0.5) is 21.7 Å². The fourth-order valence-electron chi connectivity index (χ4n) is 1.84. The Labute approximate surface area is 117 Å². The molecule has 20 heavy (non-hydrogen) atoms. The van der Waals surface area contributed by atoms with E-state index in [0.717, 1.165) is 5.56 Å². The van der Waals surface area contributed by atoms with E-state index in [1.807, 2.05) is 13.0 Å². The Hall–Kier alpha value is -2.21. The van der Waals surface area contributed by atoms with Crippen molar-refractivity contribution in [3.8, 4) is 0 Å². The average molecular weight is 276 g/mol. The lowest BCUT2D eigenvalue weighted by atomic mass is 10.2. The molecule has 1 aromatic heterocycles. The number of hydrogen-bond acceptors (Lipinski definition) is 5. The number of aromatic nitrogens is 2. The van der Waals surface area contributed by atoms with Crippen molar-refractivity contribution in [2.45, 2.75) is 13.5 Å². The second-order valence-electron chi connectivity index (χ2n) is 4.38. The van der Waals surface area contributed by atoms with Gasteiger partial charge in [-0.15, -0.1) is 0 Å². The molecule has 0 aliphatic heterocycles. The van der Waals surface area contributed by atoms with E-state index in [2.05, 4.69) is 20.6 Å². The third kappa shape index (κ3) is 3.64. The van der Waals surface area contributed by atoms with Gasteiger partial charge in [0.15, 0.2) is 5.82 Å². The van der Waals surface area contributed by atoms with Gasteiger partial charge in [0, 0.05) is 25.9 Å². The number of anilines is 3. The molecule has 2 aromatic rings. The first-order chi connectivity index (χ1) is 9.60. The normalized spacial score (nSPS) is 10.4. The Morgan fingerprint density at radius 2 is 1.90 bits per heavy atom. The Balaban J connectivity index is 2.29. The molecule has 6 heteroatoms. The third-order valence-electron chi connectivity index (χ3n) is 2.62. The van der Waals surface area contributed by atoms with Crippen LogP contribution in [0, 0.1) is 12.7 Å². The van der Waals surface area contributed by atoms with E-state index in [1.54, 1.807) is 20.2 Å². The molecule has 0 unspecified atom stereocenters. The fourth-order valence-corrected chi connectivity index (χ4v) is 1.84. The van der Waals surface area contributed by atoms with Crippen molar-refractivity contribution >= 4 is 17.3 Å². The summed E-state index contributed by atoms with van der Waals surface area (Å²) in [7, 11) is 3.35. The van der Waals surface area contributed by atoms with E-state index in [0.29, 0.717) is 29.8 Å². The maximum absolute atomic E-state index is 13.4. The molecule has 0 fully saturated rings. The zero-order valence-corrected chi connectivity index (χ0v) is 11.7. The number of benzene rings is 1. The minimum atomic E-state index is -0.285. The number of nitrogens with one attached hydrogen (secondary N) is 2. The smallest absolute Gasteiger partial charge is 0.158 e. The van der Waals surface area contributed by atoms with Crippen LogP contribution in [-0.4, -0.2) is 24.1 Å². The van der Waals surface area contributed by atoms with E-state index in [1.165, 1.54) is 12.1 Å². The van der Waals surface area contributed by atoms with Crippen molar-refractivity contribution in [2.24, 2.45) is 0 Å². The lowest BCUT2D eigenvalue weighted by Gasteiger charge is -2.10. The lowest BCUT2D eigenvalue weighted by Crippen LogP contribution is -2.05. The molecule has 0 saturated carbocycles. The van der Waals surface area contributed by atoms with Gasteiger partial charge in [-0.3, -0.25) is 0 Å². The van der Waals surface area contributed by atoms with Gasteiger partial charge in [0.05, 0.1) is 0 Å². The van der Waals surface area contributed by atoms with Crippen LogP contribution >= 0.6 is 0 Å². The van der Waals surface area contributed by atoms with Crippen molar-refractivity contribution in [3.05, 3.63) is 41.5 Å². The Morgan fingerprint density at radius 1 is 1.15 bits per heavy atom. The van der Waals surface area contributed by atoms with E-state index in [9.17, 15) is 4.39 Å². The zero-order chi connectivity index (χ0) is 14.5. The van der Waals surface area contributed by atoms with Gasteiger partial charge < -0.3 is 15.4 Å². The number of halogens is 1. The first-order valence-electron chi connectivity index (χ1n) is 6.19. The molecule has 0 amide bonds. The molecule has 1 aromatic carbocycles. The highest BCUT2D eigenvalue weighted by atomic mass is 19.1. The molecular weight excluding hydrogens is 259 g/mol. The highest BCUT2D eigenvalue weighted by molar-refractivity contribution is 5.60. The second kappa shape index (κ2) is 6.29. The van der Waals surface area contributed by atoms with E-state index < -0.39 is 0 Å². The minimum Gasteiger partial charge on any atom is -0.377 e. The Kier molecular flexibility index (Phi) is 4.47. The number of nitrogens with zero attached hydrogens (tertiary/aromatic N) is 2. The summed E-state index contributed by atoms with van der Waals surface area (Å²) in [4.78, 5) is 8.57. The molecule has 5 nitrogen and oxygen atoms in total. The van der Waals surface area contributed by atoms with Gasteiger partial charge in [0.1, 0.15) is 24.1 Å². The van der Waals surface area contributed by atoms with Gasteiger partial charge in [-0.2, -0.15) is 0 Å². The maximum Gasteiger partial charge on any atom is 0.158 e. The molecule has 0 bridgehead atoms. The van der Waals surface area contributed by atoms with Crippen LogP contribution in [0.25, 0.3) is 0 Å². The highest BCUT2D eigenvalue weighted by Gasteiger charge is 2.05. The van der Waals surface area contributed by atoms with Crippen LogP contribution < -0.4 is 10.6 Å². The summed E-state index contributed by atoms with van der Waals surface area (Å²) in [6, 6.07) is 6.49. The average Bonchev–Trinajstić information content (AvgIpc) is 2.37. The Bertz CT molecular complexity index is 583. The molecule has 2 rings (SSSR count). The van der Waals surface area contributed by atoms with Crippen LogP contribution in [0.2, 0.25) is 0 Å². The Morgan fingerprint density at radius 3 is 2.55 bits per heavy atom. The first-order valence-corrected chi connectivity index (χ1v) is 6.19. The maximum atomic E-state index is 13.4. The second-order valence-corrected chi connectivity index (χ2v) is 4.38. The predicted molar refractivity (Wildman–Crippen MR) is 76.7 cm³/mol. The monoisotopic (exact) mass is 276 g/mol. The molecule has 0 atom stereocenters. The van der Waals surface area contributed by atoms with Gasteiger partial charge in [-0.1, -0.05) is 0 Å². The zero-order valence-electron chi connectivity index (χ0n) is 11.7. The highest BCUT2D eigenvalue weighted by Crippen LogP contribution is 2.20. The number of aryl methyl sites for hydroxylation is 1. The summed E-state index contributed by atoms with van der Waals surface area (Å²) in [6.45, 7) is 2.15. The summed E-state index contributed by atoms with van der Waals surface area (Å²) in [6.07, 6.45) is 0. The molecule has 0 aliphatic rings. The molecule has 0 aliphatic carbocycles. The molecular formula is C14H17FN4O. The summed E-state index contributed by atoms with van der Waals surface area (Å²) in [5.41, 5.74) is 1.49. The third-order valence-corrected chi connectivity index (χ3v) is 2.62. The summed E-state index contributed by atoms with van der Waals surface area (Å²) in [5, 5.41) is 6.03. The van der Waals surface area contributed by atoms with Gasteiger partial charge in [0.25, 0.3) is 0 Å². The topological polar surface area (TPSA) is 59.1 Å². The van der Waals surface area contributed by atoms with Crippen molar-refractivity contribution < 1.29 is 9.13 Å². The van der Waals surface area contributed by atoms with Crippen molar-refractivity contribution in [2.75, 3.05) is 24.8 Å². The number of rotatable bonds is 5. The molecule has 0 spiro atoms. The fraction of sp³-hybridized carbons (Fsp3) is 0.286. The molecule has 0 radical (unpaired) electrons. The van der Waals surface area contributed by atoms with Gasteiger partial charge in [0.2, 0.25) is 0 Å². The minimum absolute atomic E-state index is 0.285. The SMILES string of the molecule is CNc1cc(Nc2cc(C)cc(F)c2)nc(COC)n1. The molecule has 106 valence electrons. The number of hydrogen-bond donors (Lipinski definition) is 2. The van der Waals surface area contributed by atoms with Crippen molar-refractivity contribution in [3.63, 3.8) is 0 Å².